The molecule has 9 heteroatoms. The highest BCUT2D eigenvalue weighted by Gasteiger charge is 2.09. The highest BCUT2D eigenvalue weighted by Crippen LogP contribution is 2.17. The van der Waals surface area contributed by atoms with E-state index in [1.165, 1.54) is 6.07 Å². The molecule has 3 aromatic heterocycles. The normalized spacial score (nSPS) is 11.1. The number of hydrogen-bond donors (Lipinski definition) is 1. The van der Waals surface area contributed by atoms with E-state index in [0.29, 0.717) is 24.5 Å². The predicted molar refractivity (Wildman–Crippen MR) is 107 cm³/mol. The second-order valence-electron chi connectivity index (χ2n) is 6.56. The molecule has 3 heterocycles. The second-order valence-corrected chi connectivity index (χ2v) is 6.56. The van der Waals surface area contributed by atoms with Crippen LogP contribution in [0.25, 0.3) is 17.1 Å². The van der Waals surface area contributed by atoms with E-state index < -0.39 is 0 Å². The van der Waals surface area contributed by atoms with Gasteiger partial charge in [-0.2, -0.15) is 15.3 Å². The number of aliphatic hydroxyl groups excluding tert-OH is 1. The van der Waals surface area contributed by atoms with Crippen LogP contribution in [-0.2, 0) is 19.5 Å². The van der Waals surface area contributed by atoms with Gasteiger partial charge in [-0.3, -0.25) is 14.2 Å². The summed E-state index contributed by atoms with van der Waals surface area (Å²) in [6.07, 6.45) is 7.13. The maximum Gasteiger partial charge on any atom is 0.203 e. The molecule has 0 saturated heterocycles. The molecule has 0 saturated carbocycles. The zero-order chi connectivity index (χ0) is 20.2. The predicted octanol–water partition coefficient (Wildman–Crippen LogP) is 1.29. The molecular formula is C20H21N7O2. The molecule has 0 radical (unpaired) electrons. The Bertz CT molecular complexity index is 1180. The smallest absolute Gasteiger partial charge is 0.203 e. The molecule has 1 aromatic carbocycles. The van der Waals surface area contributed by atoms with Gasteiger partial charge >= 0.3 is 0 Å². The maximum atomic E-state index is 12.4. The molecule has 9 nitrogen and oxygen atoms in total. The molecule has 0 aliphatic carbocycles. The molecular weight excluding hydrogens is 370 g/mol. The molecule has 0 aliphatic heterocycles. The zero-order valence-corrected chi connectivity index (χ0v) is 16.0. The number of aromatic nitrogens is 7. The van der Waals surface area contributed by atoms with E-state index in [1.807, 2.05) is 31.2 Å². The van der Waals surface area contributed by atoms with Gasteiger partial charge in [0, 0.05) is 30.8 Å². The van der Waals surface area contributed by atoms with Gasteiger partial charge in [0.2, 0.25) is 5.43 Å². The first kappa shape index (κ1) is 18.8. The van der Waals surface area contributed by atoms with E-state index in [4.69, 9.17) is 5.11 Å². The Morgan fingerprint density at radius 3 is 2.83 bits per heavy atom. The molecule has 1 N–H and O–H groups in total. The van der Waals surface area contributed by atoms with Crippen LogP contribution >= 0.6 is 0 Å². The van der Waals surface area contributed by atoms with Crippen molar-refractivity contribution >= 4 is 0 Å². The third-order valence-corrected chi connectivity index (χ3v) is 4.51. The van der Waals surface area contributed by atoms with Crippen LogP contribution in [0.2, 0.25) is 0 Å². The molecule has 0 aliphatic rings. The van der Waals surface area contributed by atoms with Crippen LogP contribution in [-0.4, -0.2) is 46.0 Å². The number of rotatable bonds is 7. The Labute approximate surface area is 166 Å². The summed E-state index contributed by atoms with van der Waals surface area (Å²) in [7, 11) is 0. The van der Waals surface area contributed by atoms with Crippen molar-refractivity contribution in [2.45, 2.75) is 26.4 Å². The summed E-state index contributed by atoms with van der Waals surface area (Å²) in [5.74, 6) is 0.656. The van der Waals surface area contributed by atoms with Crippen molar-refractivity contribution in [1.82, 2.24) is 34.3 Å². The van der Waals surface area contributed by atoms with Gasteiger partial charge in [-0.15, -0.1) is 0 Å². The minimum Gasteiger partial charge on any atom is -0.394 e. The standard InChI is InChI=1S/C20H21N7O2/c1-2-25-14-21-20(24-25)16-5-3-4-15(10-16)11-18-19(29)6-7-27(23-18)17-12-22-26(13-17)8-9-28/h3-7,10,12-14,28H,2,8-9,11H2,1H3. The van der Waals surface area contributed by atoms with Gasteiger partial charge in [-0.05, 0) is 18.6 Å². The molecule has 148 valence electrons. The lowest BCUT2D eigenvalue weighted by Crippen LogP contribution is -2.16. The van der Waals surface area contributed by atoms with Gasteiger partial charge in [0.25, 0.3) is 0 Å². The molecule has 4 rings (SSSR count). The number of nitrogens with zero attached hydrogens (tertiary/aromatic N) is 7. The molecule has 29 heavy (non-hydrogen) atoms. The molecule has 0 atom stereocenters. The number of aryl methyl sites for hydroxylation is 1. The first-order valence-electron chi connectivity index (χ1n) is 9.37. The third kappa shape index (κ3) is 4.14. The summed E-state index contributed by atoms with van der Waals surface area (Å²) in [4.78, 5) is 16.7. The number of benzene rings is 1. The number of aliphatic hydroxyl groups is 1. The summed E-state index contributed by atoms with van der Waals surface area (Å²) in [5, 5.41) is 22.1. The van der Waals surface area contributed by atoms with Crippen LogP contribution in [0.5, 0.6) is 0 Å². The van der Waals surface area contributed by atoms with Crippen molar-refractivity contribution in [3.8, 4) is 17.1 Å². The topological polar surface area (TPSA) is 104 Å². The average molecular weight is 391 g/mol. The molecule has 0 spiro atoms. The van der Waals surface area contributed by atoms with E-state index in [1.54, 1.807) is 39.0 Å². The monoisotopic (exact) mass is 391 g/mol. The quantitative estimate of drug-likeness (QED) is 0.509. The van der Waals surface area contributed by atoms with Gasteiger partial charge in [0.15, 0.2) is 5.82 Å². The molecule has 0 fully saturated rings. The fourth-order valence-corrected chi connectivity index (χ4v) is 3.00. The van der Waals surface area contributed by atoms with Gasteiger partial charge < -0.3 is 5.11 Å². The van der Waals surface area contributed by atoms with Crippen LogP contribution in [0.1, 0.15) is 18.2 Å². The van der Waals surface area contributed by atoms with Crippen LogP contribution in [0, 0.1) is 0 Å². The first-order chi connectivity index (χ1) is 14.2. The zero-order valence-electron chi connectivity index (χ0n) is 16.0. The lowest BCUT2D eigenvalue weighted by atomic mass is 10.1. The Balaban J connectivity index is 1.60. The maximum absolute atomic E-state index is 12.4. The van der Waals surface area contributed by atoms with E-state index >= 15 is 0 Å². The van der Waals surface area contributed by atoms with Crippen molar-refractivity contribution in [3.05, 3.63) is 76.7 Å². The minimum atomic E-state index is -0.122. The summed E-state index contributed by atoms with van der Waals surface area (Å²) in [5.41, 5.74) is 2.89. The molecule has 4 aromatic rings. The van der Waals surface area contributed by atoms with Gasteiger partial charge in [-0.25, -0.2) is 9.67 Å². The molecule has 0 amide bonds. The molecule has 0 unspecified atom stereocenters. The molecule has 0 bridgehead atoms. The van der Waals surface area contributed by atoms with Crippen LogP contribution in [0.15, 0.2) is 60.0 Å². The highest BCUT2D eigenvalue weighted by molar-refractivity contribution is 5.55. The van der Waals surface area contributed by atoms with Gasteiger partial charge in [0.05, 0.1) is 25.5 Å². The van der Waals surface area contributed by atoms with Crippen molar-refractivity contribution in [3.63, 3.8) is 0 Å². The average Bonchev–Trinajstić information content (AvgIpc) is 3.40. The fourth-order valence-electron chi connectivity index (χ4n) is 3.00. The van der Waals surface area contributed by atoms with Gasteiger partial charge in [0.1, 0.15) is 17.7 Å². The Morgan fingerprint density at radius 2 is 2.03 bits per heavy atom. The van der Waals surface area contributed by atoms with E-state index in [2.05, 4.69) is 20.3 Å². The largest absolute Gasteiger partial charge is 0.394 e. The first-order valence-corrected chi connectivity index (χ1v) is 9.37. The lowest BCUT2D eigenvalue weighted by molar-refractivity contribution is 0.269. The summed E-state index contributed by atoms with van der Waals surface area (Å²) in [6.45, 7) is 3.18. The van der Waals surface area contributed by atoms with Crippen molar-refractivity contribution in [1.29, 1.82) is 0 Å². The lowest BCUT2D eigenvalue weighted by Gasteiger charge is -2.06. The Kier molecular flexibility index (Phi) is 5.30. The van der Waals surface area contributed by atoms with Crippen LogP contribution < -0.4 is 5.43 Å². The third-order valence-electron chi connectivity index (χ3n) is 4.51. The van der Waals surface area contributed by atoms with Crippen molar-refractivity contribution in [2.24, 2.45) is 0 Å². The van der Waals surface area contributed by atoms with E-state index in [-0.39, 0.29) is 12.0 Å². The Hall–Kier alpha value is -3.59. The highest BCUT2D eigenvalue weighted by atomic mass is 16.3. The van der Waals surface area contributed by atoms with E-state index in [0.717, 1.165) is 23.4 Å². The fraction of sp³-hybridized carbons (Fsp3) is 0.250. The summed E-state index contributed by atoms with van der Waals surface area (Å²) in [6, 6.07) is 9.31. The number of hydrogen-bond acceptors (Lipinski definition) is 6. The summed E-state index contributed by atoms with van der Waals surface area (Å²) >= 11 is 0. The van der Waals surface area contributed by atoms with Gasteiger partial charge in [-0.1, -0.05) is 18.2 Å². The Morgan fingerprint density at radius 1 is 1.14 bits per heavy atom. The minimum absolute atomic E-state index is 0.00561. The van der Waals surface area contributed by atoms with Crippen LogP contribution in [0.3, 0.4) is 0 Å². The van der Waals surface area contributed by atoms with Crippen molar-refractivity contribution < 1.29 is 5.11 Å². The SMILES string of the molecule is CCn1cnc(-c2cccc(Cc3nn(-c4cnn(CCO)c4)ccc3=O)c2)n1. The van der Waals surface area contributed by atoms with Crippen molar-refractivity contribution in [2.75, 3.05) is 6.61 Å². The summed E-state index contributed by atoms with van der Waals surface area (Å²) < 4.78 is 5.02. The van der Waals surface area contributed by atoms with E-state index in [9.17, 15) is 4.79 Å². The van der Waals surface area contributed by atoms with Crippen LogP contribution in [0.4, 0.5) is 0 Å². The second kappa shape index (κ2) is 8.19.